The molecule has 1 N–H and O–H groups in total. The molecule has 7 nitrogen and oxygen atoms in total. The first-order valence-electron chi connectivity index (χ1n) is 12.5. The molecule has 1 atom stereocenters. The molecular formula is C29H34BrN3O4S. The van der Waals surface area contributed by atoms with Gasteiger partial charge < -0.3 is 10.2 Å². The van der Waals surface area contributed by atoms with Crippen molar-refractivity contribution in [3.8, 4) is 0 Å². The molecule has 0 bridgehead atoms. The highest BCUT2D eigenvalue weighted by atomic mass is 79.9. The third-order valence-electron chi connectivity index (χ3n) is 6.22. The summed E-state index contributed by atoms with van der Waals surface area (Å²) in [5.74, 6) is -0.735. The molecule has 9 heteroatoms. The van der Waals surface area contributed by atoms with Gasteiger partial charge in [0.25, 0.3) is 0 Å². The molecular weight excluding hydrogens is 566 g/mol. The number of amides is 2. The first-order chi connectivity index (χ1) is 18.1. The zero-order valence-electron chi connectivity index (χ0n) is 21.9. The van der Waals surface area contributed by atoms with Crippen molar-refractivity contribution in [2.75, 3.05) is 23.7 Å². The Morgan fingerprint density at radius 2 is 1.58 bits per heavy atom. The number of carbonyl (C=O) groups excluding carboxylic acids is 2. The molecule has 0 spiro atoms. The molecule has 0 unspecified atom stereocenters. The summed E-state index contributed by atoms with van der Waals surface area (Å²) in [6.45, 7) is 4.13. The number of nitrogens with one attached hydrogen (secondary N) is 1. The Morgan fingerprint density at radius 3 is 2.18 bits per heavy atom. The normalized spacial score (nSPS) is 12.0. The van der Waals surface area contributed by atoms with Gasteiger partial charge in [0, 0.05) is 24.0 Å². The van der Waals surface area contributed by atoms with Crippen LogP contribution in [-0.2, 0) is 32.6 Å². The SMILES string of the molecule is CCCNC(=O)[C@@H](Cc1ccccc1)N(Cc1ccccc1C)C(=O)CN(c1ccc(Br)cc1)S(C)(=O)=O. The Balaban J connectivity index is 2.04. The largest absolute Gasteiger partial charge is 0.354 e. The lowest BCUT2D eigenvalue weighted by Gasteiger charge is -2.34. The zero-order chi connectivity index (χ0) is 27.7. The highest BCUT2D eigenvalue weighted by Crippen LogP contribution is 2.23. The molecule has 3 aromatic carbocycles. The fraction of sp³-hybridized carbons (Fsp3) is 0.310. The fourth-order valence-corrected chi connectivity index (χ4v) is 5.23. The Kier molecular flexibility index (Phi) is 10.5. The van der Waals surface area contributed by atoms with Crippen molar-refractivity contribution in [1.82, 2.24) is 10.2 Å². The number of sulfonamides is 1. The van der Waals surface area contributed by atoms with Crippen molar-refractivity contribution in [3.63, 3.8) is 0 Å². The molecule has 0 aromatic heterocycles. The molecule has 3 rings (SSSR count). The molecule has 202 valence electrons. The van der Waals surface area contributed by atoms with Crippen LogP contribution in [0.4, 0.5) is 5.69 Å². The number of nitrogens with zero attached hydrogens (tertiary/aromatic N) is 2. The van der Waals surface area contributed by atoms with Gasteiger partial charge in [-0.2, -0.15) is 0 Å². The van der Waals surface area contributed by atoms with Crippen LogP contribution in [0.2, 0.25) is 0 Å². The Morgan fingerprint density at radius 1 is 0.947 bits per heavy atom. The van der Waals surface area contributed by atoms with Crippen molar-refractivity contribution in [1.29, 1.82) is 0 Å². The number of halogens is 1. The van der Waals surface area contributed by atoms with Crippen molar-refractivity contribution >= 4 is 43.5 Å². The second kappa shape index (κ2) is 13.6. The van der Waals surface area contributed by atoms with Gasteiger partial charge in [0.15, 0.2) is 0 Å². The summed E-state index contributed by atoms with van der Waals surface area (Å²) < 4.78 is 27.4. The van der Waals surface area contributed by atoms with E-state index in [9.17, 15) is 18.0 Å². The van der Waals surface area contributed by atoms with Gasteiger partial charge in [0.1, 0.15) is 12.6 Å². The summed E-state index contributed by atoms with van der Waals surface area (Å²) in [5, 5.41) is 2.94. The predicted molar refractivity (Wildman–Crippen MR) is 155 cm³/mol. The predicted octanol–water partition coefficient (Wildman–Crippen LogP) is 4.69. The van der Waals surface area contributed by atoms with Gasteiger partial charge in [-0.1, -0.05) is 77.5 Å². The maximum absolute atomic E-state index is 14.0. The van der Waals surface area contributed by atoms with E-state index < -0.39 is 28.5 Å². The number of aryl methyl sites for hydroxylation is 1. The molecule has 3 aromatic rings. The average molecular weight is 601 g/mol. The van der Waals surface area contributed by atoms with Crippen LogP contribution in [0.15, 0.2) is 83.3 Å². The van der Waals surface area contributed by atoms with Gasteiger partial charge in [0.2, 0.25) is 21.8 Å². The monoisotopic (exact) mass is 599 g/mol. The average Bonchev–Trinajstić information content (AvgIpc) is 2.89. The standard InChI is InChI=1S/C29H34BrN3O4S/c1-4-18-31-29(35)27(19-23-11-6-5-7-12-23)32(20-24-13-9-8-10-22(24)2)28(34)21-33(38(3,36)37)26-16-14-25(30)15-17-26/h5-17,27H,4,18-21H2,1-3H3,(H,31,35)/t27-/m1/s1. The maximum atomic E-state index is 14.0. The lowest BCUT2D eigenvalue weighted by molar-refractivity contribution is -0.140. The van der Waals surface area contributed by atoms with E-state index in [1.807, 2.05) is 68.4 Å². The summed E-state index contributed by atoms with van der Waals surface area (Å²) in [5.41, 5.74) is 3.14. The van der Waals surface area contributed by atoms with E-state index in [4.69, 9.17) is 0 Å². The lowest BCUT2D eigenvalue weighted by Crippen LogP contribution is -2.53. The molecule has 0 saturated heterocycles. The van der Waals surface area contributed by atoms with Crippen LogP contribution >= 0.6 is 15.9 Å². The van der Waals surface area contributed by atoms with Crippen molar-refractivity contribution in [2.45, 2.75) is 39.3 Å². The van der Waals surface area contributed by atoms with E-state index in [-0.39, 0.29) is 12.5 Å². The van der Waals surface area contributed by atoms with E-state index >= 15 is 0 Å². The maximum Gasteiger partial charge on any atom is 0.244 e. The van der Waals surface area contributed by atoms with Gasteiger partial charge in [-0.15, -0.1) is 0 Å². The second-order valence-electron chi connectivity index (χ2n) is 9.19. The number of rotatable bonds is 12. The Labute approximate surface area is 234 Å². The van der Waals surface area contributed by atoms with Gasteiger partial charge in [-0.3, -0.25) is 13.9 Å². The van der Waals surface area contributed by atoms with Crippen molar-refractivity contribution in [3.05, 3.63) is 100 Å². The van der Waals surface area contributed by atoms with E-state index in [0.29, 0.717) is 18.7 Å². The van der Waals surface area contributed by atoms with Crippen molar-refractivity contribution < 1.29 is 18.0 Å². The Bertz CT molecular complexity index is 1330. The van der Waals surface area contributed by atoms with Crippen LogP contribution in [0.5, 0.6) is 0 Å². The van der Waals surface area contributed by atoms with Crippen LogP contribution in [0, 0.1) is 6.92 Å². The van der Waals surface area contributed by atoms with Crippen molar-refractivity contribution in [2.24, 2.45) is 0 Å². The first kappa shape index (κ1) is 29.4. The van der Waals surface area contributed by atoms with E-state index in [1.54, 1.807) is 24.3 Å². The highest BCUT2D eigenvalue weighted by Gasteiger charge is 2.33. The molecule has 0 fully saturated rings. The minimum atomic E-state index is -3.79. The van der Waals surface area contributed by atoms with Gasteiger partial charge in [-0.05, 0) is 54.3 Å². The summed E-state index contributed by atoms with van der Waals surface area (Å²) >= 11 is 3.36. The third kappa shape index (κ3) is 8.16. The molecule has 2 amide bonds. The topological polar surface area (TPSA) is 86.8 Å². The molecule has 0 heterocycles. The fourth-order valence-electron chi connectivity index (χ4n) is 4.11. The van der Waals surface area contributed by atoms with Crippen LogP contribution in [0.1, 0.15) is 30.0 Å². The quantitative estimate of drug-likeness (QED) is 0.327. The van der Waals surface area contributed by atoms with Crippen LogP contribution < -0.4 is 9.62 Å². The number of anilines is 1. The van der Waals surface area contributed by atoms with E-state index in [2.05, 4.69) is 21.2 Å². The molecule has 0 radical (unpaired) electrons. The smallest absolute Gasteiger partial charge is 0.244 e. The van der Waals surface area contributed by atoms with E-state index in [1.165, 1.54) is 4.90 Å². The number of carbonyl (C=O) groups is 2. The van der Waals surface area contributed by atoms with Gasteiger partial charge in [-0.25, -0.2) is 8.42 Å². The molecule has 0 saturated carbocycles. The summed E-state index contributed by atoms with van der Waals surface area (Å²) in [6, 6.07) is 23.1. The molecule has 0 aliphatic carbocycles. The molecule has 38 heavy (non-hydrogen) atoms. The molecule has 0 aliphatic rings. The Hall–Kier alpha value is -3.17. The minimum Gasteiger partial charge on any atom is -0.354 e. The summed E-state index contributed by atoms with van der Waals surface area (Å²) in [7, 11) is -3.79. The second-order valence-corrected chi connectivity index (χ2v) is 12.0. The highest BCUT2D eigenvalue weighted by molar-refractivity contribution is 9.10. The third-order valence-corrected chi connectivity index (χ3v) is 7.89. The summed E-state index contributed by atoms with van der Waals surface area (Å²) in [6.07, 6.45) is 2.12. The number of hydrogen-bond donors (Lipinski definition) is 1. The lowest BCUT2D eigenvalue weighted by atomic mass is 10.0. The summed E-state index contributed by atoms with van der Waals surface area (Å²) in [4.78, 5) is 29.0. The zero-order valence-corrected chi connectivity index (χ0v) is 24.3. The van der Waals surface area contributed by atoms with Crippen LogP contribution in [-0.4, -0.2) is 50.5 Å². The van der Waals surface area contributed by atoms with Gasteiger partial charge in [0.05, 0.1) is 11.9 Å². The first-order valence-corrected chi connectivity index (χ1v) is 15.1. The van der Waals surface area contributed by atoms with Crippen LogP contribution in [0.3, 0.4) is 0 Å². The number of benzene rings is 3. The van der Waals surface area contributed by atoms with E-state index in [0.717, 1.165) is 38.1 Å². The molecule has 0 aliphatic heterocycles. The van der Waals surface area contributed by atoms with Crippen LogP contribution in [0.25, 0.3) is 0 Å². The minimum absolute atomic E-state index is 0.167. The number of hydrogen-bond acceptors (Lipinski definition) is 4. The van der Waals surface area contributed by atoms with Gasteiger partial charge >= 0.3 is 0 Å².